The number of nitrogens with one attached hydrogen (secondary N) is 2. The summed E-state index contributed by atoms with van der Waals surface area (Å²) in [6, 6.07) is 17.3. The molecule has 2 N–H and O–H groups in total. The molecule has 0 spiro atoms. The van der Waals surface area contributed by atoms with Gasteiger partial charge in [0.15, 0.2) is 0 Å². The predicted octanol–water partition coefficient (Wildman–Crippen LogP) is 5.09. The van der Waals surface area contributed by atoms with E-state index in [9.17, 15) is 4.79 Å². The third-order valence-corrected chi connectivity index (χ3v) is 5.06. The lowest BCUT2D eigenvalue weighted by atomic mass is 10.1. The molecular formula is C21H21ClN4OS. The molecule has 1 heterocycles. The van der Waals surface area contributed by atoms with Crippen molar-refractivity contribution in [2.24, 2.45) is 0 Å². The molecule has 0 bridgehead atoms. The van der Waals surface area contributed by atoms with E-state index >= 15 is 0 Å². The van der Waals surface area contributed by atoms with Crippen molar-refractivity contribution in [3.05, 3.63) is 76.3 Å². The number of benzene rings is 2. The quantitative estimate of drug-likeness (QED) is 0.529. The minimum atomic E-state index is -0.0678. The number of hydrogen-bond acceptors (Lipinski definition) is 5. The number of rotatable bonds is 7. The van der Waals surface area contributed by atoms with Gasteiger partial charge in [-0.1, -0.05) is 41.6 Å². The van der Waals surface area contributed by atoms with Crippen LogP contribution < -0.4 is 10.6 Å². The zero-order chi connectivity index (χ0) is 19.9. The fourth-order valence-electron chi connectivity index (χ4n) is 2.67. The van der Waals surface area contributed by atoms with E-state index < -0.39 is 0 Å². The number of thioether (sulfide) groups is 1. The lowest BCUT2D eigenvalue weighted by Gasteiger charge is -2.08. The van der Waals surface area contributed by atoms with Gasteiger partial charge in [-0.05, 0) is 66.9 Å². The molecule has 0 aliphatic heterocycles. The van der Waals surface area contributed by atoms with E-state index in [0.717, 1.165) is 22.4 Å². The summed E-state index contributed by atoms with van der Waals surface area (Å²) < 4.78 is 0. The fraction of sp³-hybridized carbons (Fsp3) is 0.190. The maximum atomic E-state index is 12.2. The Morgan fingerprint density at radius 3 is 2.36 bits per heavy atom. The maximum absolute atomic E-state index is 12.2. The lowest BCUT2D eigenvalue weighted by molar-refractivity contribution is -0.113. The Morgan fingerprint density at radius 1 is 1.00 bits per heavy atom. The van der Waals surface area contributed by atoms with Crippen LogP contribution in [0, 0.1) is 13.8 Å². The summed E-state index contributed by atoms with van der Waals surface area (Å²) >= 11 is 7.24. The second-order valence-electron chi connectivity index (χ2n) is 6.45. The number of anilines is 2. The summed E-state index contributed by atoms with van der Waals surface area (Å²) in [4.78, 5) is 12.2. The molecule has 7 heteroatoms. The predicted molar refractivity (Wildman–Crippen MR) is 116 cm³/mol. The molecule has 0 saturated heterocycles. The highest BCUT2D eigenvalue weighted by molar-refractivity contribution is 7.99. The van der Waals surface area contributed by atoms with Crippen LogP contribution in [0.2, 0.25) is 5.02 Å². The average Bonchev–Trinajstić information content (AvgIpc) is 2.66. The van der Waals surface area contributed by atoms with E-state index in [2.05, 4.69) is 26.9 Å². The Labute approximate surface area is 173 Å². The number of aromatic nitrogens is 2. The fourth-order valence-corrected chi connectivity index (χ4v) is 3.41. The van der Waals surface area contributed by atoms with Gasteiger partial charge in [0.2, 0.25) is 5.91 Å². The van der Waals surface area contributed by atoms with Crippen LogP contribution in [0.4, 0.5) is 11.5 Å². The number of aryl methyl sites for hydroxylation is 2. The molecule has 0 saturated carbocycles. The van der Waals surface area contributed by atoms with Crippen LogP contribution in [-0.4, -0.2) is 21.9 Å². The molecule has 0 fully saturated rings. The van der Waals surface area contributed by atoms with Gasteiger partial charge in [0.05, 0.1) is 5.75 Å². The summed E-state index contributed by atoms with van der Waals surface area (Å²) in [7, 11) is 0. The molecule has 0 radical (unpaired) electrons. The third-order valence-electron chi connectivity index (χ3n) is 3.88. The first-order chi connectivity index (χ1) is 13.5. The van der Waals surface area contributed by atoms with E-state index in [4.69, 9.17) is 11.6 Å². The van der Waals surface area contributed by atoms with E-state index in [1.165, 1.54) is 11.8 Å². The second kappa shape index (κ2) is 9.57. The number of carbonyl (C=O) groups is 1. The molecule has 1 amide bonds. The first-order valence-corrected chi connectivity index (χ1v) is 10.2. The van der Waals surface area contributed by atoms with Gasteiger partial charge < -0.3 is 10.6 Å². The molecule has 0 aliphatic carbocycles. The highest BCUT2D eigenvalue weighted by Crippen LogP contribution is 2.18. The zero-order valence-electron chi connectivity index (χ0n) is 15.7. The smallest absolute Gasteiger partial charge is 0.234 e. The molecule has 1 aromatic heterocycles. The molecule has 144 valence electrons. The number of nitrogens with zero attached hydrogens (tertiary/aromatic N) is 2. The van der Waals surface area contributed by atoms with Gasteiger partial charge in [0, 0.05) is 17.3 Å². The zero-order valence-corrected chi connectivity index (χ0v) is 17.3. The first kappa shape index (κ1) is 20.2. The Hall–Kier alpha value is -2.57. The number of halogens is 1. The van der Waals surface area contributed by atoms with E-state index in [-0.39, 0.29) is 11.7 Å². The number of amides is 1. The molecule has 28 heavy (non-hydrogen) atoms. The molecular weight excluding hydrogens is 392 g/mol. The SMILES string of the molecule is Cc1cc(C)cc(NC(=O)CSc2ccc(NCc3ccc(Cl)cc3)nn2)c1. The van der Waals surface area contributed by atoms with Crippen molar-refractivity contribution in [3.8, 4) is 0 Å². The van der Waals surface area contributed by atoms with Gasteiger partial charge >= 0.3 is 0 Å². The summed E-state index contributed by atoms with van der Waals surface area (Å²) in [6.07, 6.45) is 0. The van der Waals surface area contributed by atoms with E-state index in [1.54, 1.807) is 0 Å². The van der Waals surface area contributed by atoms with Crippen LogP contribution in [0.3, 0.4) is 0 Å². The Kier molecular flexibility index (Phi) is 6.90. The summed E-state index contributed by atoms with van der Waals surface area (Å²) in [5, 5.41) is 15.9. The van der Waals surface area contributed by atoms with Crippen molar-refractivity contribution in [2.75, 3.05) is 16.4 Å². The van der Waals surface area contributed by atoms with Crippen LogP contribution >= 0.6 is 23.4 Å². The number of carbonyl (C=O) groups excluding carboxylic acids is 1. The molecule has 3 rings (SSSR count). The van der Waals surface area contributed by atoms with E-state index in [1.807, 2.05) is 62.4 Å². The monoisotopic (exact) mass is 412 g/mol. The van der Waals surface area contributed by atoms with Gasteiger partial charge in [-0.15, -0.1) is 10.2 Å². The normalized spacial score (nSPS) is 10.5. The Bertz CT molecular complexity index is 925. The van der Waals surface area contributed by atoms with Crippen molar-refractivity contribution in [2.45, 2.75) is 25.4 Å². The molecule has 2 aromatic carbocycles. The molecule has 3 aromatic rings. The van der Waals surface area contributed by atoms with Gasteiger partial charge in [-0.2, -0.15) is 0 Å². The van der Waals surface area contributed by atoms with Crippen LogP contribution in [0.25, 0.3) is 0 Å². The minimum absolute atomic E-state index is 0.0678. The summed E-state index contributed by atoms with van der Waals surface area (Å²) in [5.74, 6) is 0.889. The Balaban J connectivity index is 1.47. The van der Waals surface area contributed by atoms with Crippen LogP contribution in [0.1, 0.15) is 16.7 Å². The van der Waals surface area contributed by atoms with Crippen molar-refractivity contribution in [1.82, 2.24) is 10.2 Å². The number of hydrogen-bond donors (Lipinski definition) is 2. The standard InChI is InChI=1S/C21H21ClN4OS/c1-14-9-15(2)11-18(10-14)24-20(27)13-28-21-8-7-19(25-26-21)23-12-16-3-5-17(22)6-4-16/h3-11H,12-13H2,1-2H3,(H,23,25)(H,24,27). The largest absolute Gasteiger partial charge is 0.365 e. The topological polar surface area (TPSA) is 66.9 Å². The van der Waals surface area contributed by atoms with Gasteiger partial charge in [0.25, 0.3) is 0 Å². The average molecular weight is 413 g/mol. The highest BCUT2D eigenvalue weighted by atomic mass is 35.5. The molecule has 5 nitrogen and oxygen atoms in total. The summed E-state index contributed by atoms with van der Waals surface area (Å²) in [6.45, 7) is 4.65. The van der Waals surface area contributed by atoms with Crippen LogP contribution in [0.5, 0.6) is 0 Å². The van der Waals surface area contributed by atoms with Crippen molar-refractivity contribution in [1.29, 1.82) is 0 Å². The van der Waals surface area contributed by atoms with Crippen LogP contribution in [0.15, 0.2) is 59.6 Å². The van der Waals surface area contributed by atoms with E-state index in [0.29, 0.717) is 22.4 Å². The van der Waals surface area contributed by atoms with Crippen molar-refractivity contribution < 1.29 is 4.79 Å². The molecule has 0 atom stereocenters. The second-order valence-corrected chi connectivity index (χ2v) is 7.88. The molecule has 0 unspecified atom stereocenters. The van der Waals surface area contributed by atoms with Gasteiger partial charge in [0.1, 0.15) is 10.8 Å². The minimum Gasteiger partial charge on any atom is -0.365 e. The lowest BCUT2D eigenvalue weighted by Crippen LogP contribution is -2.14. The third kappa shape index (κ3) is 6.25. The van der Waals surface area contributed by atoms with Crippen molar-refractivity contribution >= 4 is 40.8 Å². The molecule has 0 aliphatic rings. The first-order valence-electron chi connectivity index (χ1n) is 8.81. The highest BCUT2D eigenvalue weighted by Gasteiger charge is 2.06. The maximum Gasteiger partial charge on any atom is 0.234 e. The van der Waals surface area contributed by atoms with Crippen molar-refractivity contribution in [3.63, 3.8) is 0 Å². The van der Waals surface area contributed by atoms with Gasteiger partial charge in [-0.25, -0.2) is 0 Å². The summed E-state index contributed by atoms with van der Waals surface area (Å²) in [5.41, 5.74) is 4.16. The van der Waals surface area contributed by atoms with Crippen LogP contribution in [-0.2, 0) is 11.3 Å². The Morgan fingerprint density at radius 2 is 1.71 bits per heavy atom. The van der Waals surface area contributed by atoms with Gasteiger partial charge in [-0.3, -0.25) is 4.79 Å².